The number of hydrogen-bond donors (Lipinski definition) is 1. The molecule has 0 heterocycles. The molecule has 1 N–H and O–H groups in total. The molecule has 2 heteroatoms. The average molecular weight is 269 g/mol. The molecule has 2 nitrogen and oxygen atoms in total. The van der Waals surface area contributed by atoms with Crippen molar-refractivity contribution in [2.45, 2.75) is 103 Å². The van der Waals surface area contributed by atoms with Gasteiger partial charge in [-0.2, -0.15) is 0 Å². The van der Waals surface area contributed by atoms with Crippen LogP contribution in [0.4, 0.5) is 0 Å². The highest BCUT2D eigenvalue weighted by molar-refractivity contribution is 5.66. The highest BCUT2D eigenvalue weighted by Crippen LogP contribution is 2.13. The first-order valence-corrected chi connectivity index (χ1v) is 8.49. The molecule has 0 aliphatic carbocycles. The quantitative estimate of drug-likeness (QED) is 0.373. The SMILES string of the molecule is CCCCCCCCCCCCCCCC[11C](=O)O. The van der Waals surface area contributed by atoms with Crippen molar-refractivity contribution in [3.63, 3.8) is 0 Å². The summed E-state index contributed by atoms with van der Waals surface area (Å²) in [7, 11) is 0. The predicted molar refractivity (Wildman–Crippen MR) is 82.6 cm³/mol. The Morgan fingerprint density at radius 1 is 0.632 bits per heavy atom. The van der Waals surface area contributed by atoms with Gasteiger partial charge in [0.1, 0.15) is 0 Å². The summed E-state index contributed by atoms with van der Waals surface area (Å²) < 4.78 is 0. The van der Waals surface area contributed by atoms with E-state index in [1.807, 2.05) is 0 Å². The maximum absolute atomic E-state index is 10.3. The van der Waals surface area contributed by atoms with Gasteiger partial charge in [-0.25, -0.2) is 0 Å². The standard InChI is InChI=1S/C17H34O2/c1-2-3-4-5-6-7-8-9-10-11-12-13-14-15-16-17(18)19/h2-16H2,1H3,(H,18,19)/i17-1. The molecule has 0 saturated heterocycles. The van der Waals surface area contributed by atoms with E-state index < -0.39 is 5.97 Å². The van der Waals surface area contributed by atoms with Crippen molar-refractivity contribution in [2.24, 2.45) is 0 Å². The fraction of sp³-hybridized carbons (Fsp3) is 0.941. The molecule has 0 aromatic heterocycles. The van der Waals surface area contributed by atoms with Crippen LogP contribution in [0.3, 0.4) is 0 Å². The third-order valence-corrected chi connectivity index (χ3v) is 3.74. The highest BCUT2D eigenvalue weighted by Gasteiger charge is 1.96. The van der Waals surface area contributed by atoms with Gasteiger partial charge in [0.25, 0.3) is 0 Å². The molecule has 0 fully saturated rings. The van der Waals surface area contributed by atoms with Crippen molar-refractivity contribution in [3.05, 3.63) is 0 Å². The third kappa shape index (κ3) is 17.5. The van der Waals surface area contributed by atoms with E-state index in [9.17, 15) is 4.79 Å². The summed E-state index contributed by atoms with van der Waals surface area (Å²) in [5, 5.41) is 8.50. The van der Waals surface area contributed by atoms with Gasteiger partial charge < -0.3 is 5.11 Å². The van der Waals surface area contributed by atoms with Crippen LogP contribution in [-0.2, 0) is 4.79 Å². The van der Waals surface area contributed by atoms with Crippen LogP contribution in [0, 0.1) is 0 Å². The van der Waals surface area contributed by atoms with Crippen LogP contribution in [0.5, 0.6) is 0 Å². The van der Waals surface area contributed by atoms with Crippen molar-refractivity contribution >= 4 is 5.97 Å². The fourth-order valence-electron chi connectivity index (χ4n) is 2.47. The normalized spacial score (nSPS) is 10.8. The first kappa shape index (κ1) is 18.5. The van der Waals surface area contributed by atoms with Crippen LogP contribution in [0.25, 0.3) is 0 Å². The first-order chi connectivity index (χ1) is 9.27. The Morgan fingerprint density at radius 2 is 0.947 bits per heavy atom. The molecule has 0 radical (unpaired) electrons. The second kappa shape index (κ2) is 15.5. The van der Waals surface area contributed by atoms with Gasteiger partial charge in [-0.1, -0.05) is 90.4 Å². The van der Waals surface area contributed by atoms with Crippen molar-refractivity contribution in [3.8, 4) is 0 Å². The Bertz CT molecular complexity index is 190. The molecule has 0 atom stereocenters. The van der Waals surface area contributed by atoms with E-state index in [0.29, 0.717) is 6.42 Å². The largest absolute Gasteiger partial charge is 0.481 e. The molecule has 0 amide bonds. The van der Waals surface area contributed by atoms with Crippen LogP contribution in [0.15, 0.2) is 0 Å². The number of unbranched alkanes of at least 4 members (excludes halogenated alkanes) is 13. The molecular formula is C17H34O2. The molecule has 0 aromatic carbocycles. The van der Waals surface area contributed by atoms with E-state index in [0.717, 1.165) is 12.8 Å². The lowest BCUT2D eigenvalue weighted by molar-refractivity contribution is -0.137. The van der Waals surface area contributed by atoms with E-state index in [-0.39, 0.29) is 0 Å². The van der Waals surface area contributed by atoms with Crippen molar-refractivity contribution in [1.82, 2.24) is 0 Å². The van der Waals surface area contributed by atoms with Crippen LogP contribution >= 0.6 is 0 Å². The third-order valence-electron chi connectivity index (χ3n) is 3.74. The Morgan fingerprint density at radius 3 is 1.26 bits per heavy atom. The molecule has 0 rings (SSSR count). The fourth-order valence-corrected chi connectivity index (χ4v) is 2.47. The number of carbonyl (C=O) groups is 1. The van der Waals surface area contributed by atoms with Crippen molar-refractivity contribution < 1.29 is 9.90 Å². The number of rotatable bonds is 15. The number of carboxylic acids is 1. The summed E-state index contributed by atoms with van der Waals surface area (Å²) in [4.78, 5) is 10.3. The van der Waals surface area contributed by atoms with Gasteiger partial charge in [0.2, 0.25) is 0 Å². The van der Waals surface area contributed by atoms with E-state index in [1.165, 1.54) is 77.0 Å². The molecule has 0 spiro atoms. The Hall–Kier alpha value is -0.530. The van der Waals surface area contributed by atoms with Crippen LogP contribution in [0.2, 0.25) is 0 Å². The van der Waals surface area contributed by atoms with E-state index in [4.69, 9.17) is 5.11 Å². The summed E-state index contributed by atoms with van der Waals surface area (Å²) in [6, 6.07) is 0. The number of carboxylic acid groups (broad SMARTS) is 1. The summed E-state index contributed by atoms with van der Waals surface area (Å²) in [6.07, 6.45) is 18.7. The lowest BCUT2D eigenvalue weighted by Gasteiger charge is -2.02. The smallest absolute Gasteiger partial charge is 0.303 e. The number of aliphatic carboxylic acids is 1. The minimum Gasteiger partial charge on any atom is -0.481 e. The maximum atomic E-state index is 10.3. The van der Waals surface area contributed by atoms with Crippen molar-refractivity contribution in [2.75, 3.05) is 0 Å². The molecule has 19 heavy (non-hydrogen) atoms. The first-order valence-electron chi connectivity index (χ1n) is 8.49. The second-order valence-corrected chi connectivity index (χ2v) is 5.74. The van der Waals surface area contributed by atoms with E-state index in [1.54, 1.807) is 0 Å². The molecular weight excluding hydrogens is 235 g/mol. The molecule has 0 aromatic rings. The zero-order chi connectivity index (χ0) is 14.2. The van der Waals surface area contributed by atoms with Gasteiger partial charge in [-0.05, 0) is 6.42 Å². The monoisotopic (exact) mass is 269 g/mol. The van der Waals surface area contributed by atoms with Gasteiger partial charge >= 0.3 is 5.97 Å². The van der Waals surface area contributed by atoms with Gasteiger partial charge in [0.05, 0.1) is 0 Å². The van der Waals surface area contributed by atoms with Crippen LogP contribution < -0.4 is 0 Å². The zero-order valence-electron chi connectivity index (χ0n) is 13.0. The Balaban J connectivity index is 2.93. The second-order valence-electron chi connectivity index (χ2n) is 5.74. The zero-order valence-corrected chi connectivity index (χ0v) is 13.0. The summed E-state index contributed by atoms with van der Waals surface area (Å²) in [6.45, 7) is 2.27. The molecule has 0 bridgehead atoms. The predicted octanol–water partition coefficient (Wildman–Crippen LogP) is 5.94. The van der Waals surface area contributed by atoms with Crippen LogP contribution in [-0.4, -0.2) is 11.1 Å². The highest BCUT2D eigenvalue weighted by atomic mass is 16.3. The van der Waals surface area contributed by atoms with Crippen LogP contribution in [0.1, 0.15) is 103 Å². The van der Waals surface area contributed by atoms with Crippen molar-refractivity contribution in [1.29, 1.82) is 0 Å². The molecule has 114 valence electrons. The molecule has 0 unspecified atom stereocenters. The Labute approximate surface area is 120 Å². The summed E-state index contributed by atoms with van der Waals surface area (Å²) >= 11 is 0. The summed E-state index contributed by atoms with van der Waals surface area (Å²) in [5.41, 5.74) is 0. The average Bonchev–Trinajstić information content (AvgIpc) is 2.39. The van der Waals surface area contributed by atoms with Gasteiger partial charge in [0, 0.05) is 6.42 Å². The topological polar surface area (TPSA) is 37.3 Å². The molecule has 0 aliphatic rings. The minimum atomic E-state index is -0.654. The lowest BCUT2D eigenvalue weighted by Crippen LogP contribution is -1.93. The van der Waals surface area contributed by atoms with Gasteiger partial charge in [-0.3, -0.25) is 4.79 Å². The Kier molecular flexibility index (Phi) is 15.1. The number of hydrogen-bond acceptors (Lipinski definition) is 1. The molecule has 0 aliphatic heterocycles. The van der Waals surface area contributed by atoms with E-state index >= 15 is 0 Å². The van der Waals surface area contributed by atoms with E-state index in [2.05, 4.69) is 6.92 Å². The lowest BCUT2D eigenvalue weighted by atomic mass is 9.96. The maximum Gasteiger partial charge on any atom is 0.303 e. The van der Waals surface area contributed by atoms with Gasteiger partial charge in [0.15, 0.2) is 0 Å². The molecule has 0 saturated carbocycles. The minimum absolute atomic E-state index is 0.345. The summed E-state index contributed by atoms with van der Waals surface area (Å²) in [5.74, 6) is -0.654. The van der Waals surface area contributed by atoms with Gasteiger partial charge in [-0.15, -0.1) is 0 Å².